The van der Waals surface area contributed by atoms with E-state index in [1.807, 2.05) is 19.9 Å². The molecule has 126 valence electrons. The molecule has 6 heteroatoms. The van der Waals surface area contributed by atoms with Crippen molar-refractivity contribution in [2.45, 2.75) is 13.8 Å². The number of esters is 1. The summed E-state index contributed by atoms with van der Waals surface area (Å²) < 4.78 is 10.0. The number of benzene rings is 2. The average molecular weight is 348 g/mol. The Kier molecular flexibility index (Phi) is 5.82. The first-order valence-electron chi connectivity index (χ1n) is 7.28. The van der Waals surface area contributed by atoms with Gasteiger partial charge in [-0.1, -0.05) is 17.7 Å². The fraction of sp³-hybridized carbons (Fsp3) is 0.222. The summed E-state index contributed by atoms with van der Waals surface area (Å²) in [6.07, 6.45) is 0. The van der Waals surface area contributed by atoms with Crippen LogP contribution in [0.25, 0.3) is 0 Å². The van der Waals surface area contributed by atoms with Gasteiger partial charge in [-0.05, 0) is 55.3 Å². The average Bonchev–Trinajstić information content (AvgIpc) is 2.56. The minimum absolute atomic E-state index is 0.341. The number of aryl methyl sites for hydroxylation is 2. The number of carbonyl (C=O) groups is 2. The maximum atomic E-state index is 12.0. The van der Waals surface area contributed by atoms with Crippen LogP contribution in [0.15, 0.2) is 36.4 Å². The lowest BCUT2D eigenvalue weighted by molar-refractivity contribution is -0.119. The Hall–Kier alpha value is -2.53. The summed E-state index contributed by atoms with van der Waals surface area (Å²) in [6.45, 7) is 3.37. The second-order valence-corrected chi connectivity index (χ2v) is 5.70. The molecule has 0 unspecified atom stereocenters. The zero-order chi connectivity index (χ0) is 17.7. The molecule has 0 spiro atoms. The first kappa shape index (κ1) is 17.8. The highest BCUT2D eigenvalue weighted by Gasteiger charge is 2.13. The maximum Gasteiger partial charge on any atom is 0.338 e. The van der Waals surface area contributed by atoms with Crippen molar-refractivity contribution >= 4 is 29.2 Å². The Balaban J connectivity index is 1.94. The van der Waals surface area contributed by atoms with Crippen molar-refractivity contribution in [1.82, 2.24) is 0 Å². The number of ether oxygens (including phenoxy) is 2. The van der Waals surface area contributed by atoms with E-state index < -0.39 is 18.5 Å². The van der Waals surface area contributed by atoms with Crippen LogP contribution in [0.1, 0.15) is 21.5 Å². The Morgan fingerprint density at radius 3 is 2.38 bits per heavy atom. The Morgan fingerprint density at radius 2 is 1.79 bits per heavy atom. The van der Waals surface area contributed by atoms with Crippen LogP contribution in [-0.4, -0.2) is 25.6 Å². The highest BCUT2D eigenvalue weighted by atomic mass is 35.5. The molecule has 0 aliphatic carbocycles. The molecule has 2 aromatic rings. The van der Waals surface area contributed by atoms with E-state index in [1.54, 1.807) is 30.3 Å². The second kappa shape index (κ2) is 7.84. The fourth-order valence-corrected chi connectivity index (χ4v) is 2.56. The number of methoxy groups -OCH3 is 1. The zero-order valence-electron chi connectivity index (χ0n) is 13.7. The summed E-state index contributed by atoms with van der Waals surface area (Å²) in [5, 5.41) is 3.11. The van der Waals surface area contributed by atoms with E-state index in [1.165, 1.54) is 7.11 Å². The van der Waals surface area contributed by atoms with Crippen LogP contribution in [0.3, 0.4) is 0 Å². The van der Waals surface area contributed by atoms with Crippen LogP contribution < -0.4 is 10.1 Å². The van der Waals surface area contributed by atoms with Crippen molar-refractivity contribution in [2.24, 2.45) is 0 Å². The van der Waals surface area contributed by atoms with E-state index >= 15 is 0 Å². The number of nitrogens with one attached hydrogen (secondary N) is 1. The molecule has 0 atom stereocenters. The zero-order valence-corrected chi connectivity index (χ0v) is 14.4. The number of amides is 1. The standard InChI is InChI=1S/C18H18ClNO4/c1-11-8-12(2)17(15(19)9-11)20-16(21)10-24-18(22)13-4-6-14(23-3)7-5-13/h4-9H,10H2,1-3H3,(H,20,21). The molecule has 0 aliphatic rings. The van der Waals surface area contributed by atoms with Gasteiger partial charge in [0.2, 0.25) is 0 Å². The van der Waals surface area contributed by atoms with Crippen LogP contribution in [0.2, 0.25) is 5.02 Å². The van der Waals surface area contributed by atoms with Crippen molar-refractivity contribution < 1.29 is 19.1 Å². The molecule has 0 saturated carbocycles. The largest absolute Gasteiger partial charge is 0.497 e. The number of hydrogen-bond acceptors (Lipinski definition) is 4. The van der Waals surface area contributed by atoms with Gasteiger partial charge in [0.25, 0.3) is 5.91 Å². The SMILES string of the molecule is COc1ccc(C(=O)OCC(=O)Nc2c(C)cc(C)cc2Cl)cc1. The normalized spacial score (nSPS) is 10.2. The van der Waals surface area contributed by atoms with Gasteiger partial charge in [0.15, 0.2) is 6.61 Å². The van der Waals surface area contributed by atoms with E-state index in [0.29, 0.717) is 22.0 Å². The highest BCUT2D eigenvalue weighted by molar-refractivity contribution is 6.34. The summed E-state index contributed by atoms with van der Waals surface area (Å²) in [4.78, 5) is 23.9. The molecular formula is C18H18ClNO4. The van der Waals surface area contributed by atoms with Crippen molar-refractivity contribution in [1.29, 1.82) is 0 Å². The number of halogens is 1. The van der Waals surface area contributed by atoms with Crippen molar-refractivity contribution in [2.75, 3.05) is 19.0 Å². The molecule has 0 aromatic heterocycles. The molecule has 0 saturated heterocycles. The summed E-state index contributed by atoms with van der Waals surface area (Å²) in [6, 6.07) is 10.1. The van der Waals surface area contributed by atoms with E-state index in [-0.39, 0.29) is 0 Å². The molecule has 0 fully saturated rings. The van der Waals surface area contributed by atoms with Gasteiger partial charge < -0.3 is 14.8 Å². The first-order chi connectivity index (χ1) is 11.4. The van der Waals surface area contributed by atoms with Crippen LogP contribution >= 0.6 is 11.6 Å². The Labute approximate surface area is 145 Å². The van der Waals surface area contributed by atoms with Gasteiger partial charge in [-0.15, -0.1) is 0 Å². The first-order valence-corrected chi connectivity index (χ1v) is 7.66. The quantitative estimate of drug-likeness (QED) is 0.836. The van der Waals surface area contributed by atoms with Gasteiger partial charge in [-0.25, -0.2) is 4.79 Å². The molecular weight excluding hydrogens is 330 g/mol. The minimum Gasteiger partial charge on any atom is -0.497 e. The fourth-order valence-electron chi connectivity index (χ4n) is 2.19. The summed E-state index contributed by atoms with van der Waals surface area (Å²) >= 11 is 6.13. The second-order valence-electron chi connectivity index (χ2n) is 5.29. The van der Waals surface area contributed by atoms with E-state index in [0.717, 1.165) is 11.1 Å². The number of carbonyl (C=O) groups excluding carboxylic acids is 2. The predicted octanol–water partition coefficient (Wildman–Crippen LogP) is 3.76. The third kappa shape index (κ3) is 4.49. The predicted molar refractivity (Wildman–Crippen MR) is 92.8 cm³/mol. The minimum atomic E-state index is -0.584. The molecule has 2 rings (SSSR count). The Morgan fingerprint density at radius 1 is 1.12 bits per heavy atom. The monoisotopic (exact) mass is 347 g/mol. The van der Waals surface area contributed by atoms with Crippen molar-refractivity contribution in [3.8, 4) is 5.75 Å². The molecule has 1 N–H and O–H groups in total. The lowest BCUT2D eigenvalue weighted by Crippen LogP contribution is -2.21. The number of hydrogen-bond donors (Lipinski definition) is 1. The van der Waals surface area contributed by atoms with Crippen LogP contribution in [0.5, 0.6) is 5.75 Å². The van der Waals surface area contributed by atoms with Crippen LogP contribution in [0.4, 0.5) is 5.69 Å². The molecule has 0 bridgehead atoms. The van der Waals surface area contributed by atoms with Crippen LogP contribution in [0, 0.1) is 13.8 Å². The van der Waals surface area contributed by atoms with Gasteiger partial charge in [0.05, 0.1) is 23.4 Å². The van der Waals surface area contributed by atoms with Crippen molar-refractivity contribution in [3.63, 3.8) is 0 Å². The molecule has 1 amide bonds. The molecule has 5 nitrogen and oxygen atoms in total. The molecule has 0 heterocycles. The molecule has 2 aromatic carbocycles. The molecule has 0 aliphatic heterocycles. The van der Waals surface area contributed by atoms with Gasteiger partial charge in [0, 0.05) is 0 Å². The van der Waals surface area contributed by atoms with Gasteiger partial charge in [-0.3, -0.25) is 4.79 Å². The maximum absolute atomic E-state index is 12.0. The molecule has 24 heavy (non-hydrogen) atoms. The topological polar surface area (TPSA) is 64.6 Å². The van der Waals surface area contributed by atoms with Gasteiger partial charge in [0.1, 0.15) is 5.75 Å². The third-order valence-corrected chi connectivity index (χ3v) is 3.65. The van der Waals surface area contributed by atoms with Crippen LogP contribution in [-0.2, 0) is 9.53 Å². The number of rotatable bonds is 5. The van der Waals surface area contributed by atoms with Gasteiger partial charge >= 0.3 is 5.97 Å². The summed E-state index contributed by atoms with van der Waals surface area (Å²) in [5.41, 5.74) is 2.71. The Bertz CT molecular complexity index is 733. The van der Waals surface area contributed by atoms with Crippen molar-refractivity contribution in [3.05, 3.63) is 58.1 Å². The number of anilines is 1. The lowest BCUT2D eigenvalue weighted by Gasteiger charge is -2.12. The smallest absolute Gasteiger partial charge is 0.338 e. The van der Waals surface area contributed by atoms with E-state index in [4.69, 9.17) is 21.1 Å². The summed E-state index contributed by atoms with van der Waals surface area (Å²) in [7, 11) is 1.54. The van der Waals surface area contributed by atoms with Gasteiger partial charge in [-0.2, -0.15) is 0 Å². The van der Waals surface area contributed by atoms with E-state index in [2.05, 4.69) is 5.32 Å². The van der Waals surface area contributed by atoms with E-state index in [9.17, 15) is 9.59 Å². The highest BCUT2D eigenvalue weighted by Crippen LogP contribution is 2.27. The lowest BCUT2D eigenvalue weighted by atomic mass is 10.1. The molecule has 0 radical (unpaired) electrons. The summed E-state index contributed by atoms with van der Waals surface area (Å²) in [5.74, 6) is -0.404. The third-order valence-electron chi connectivity index (χ3n) is 3.36.